The molecule has 0 aliphatic carbocycles. The van der Waals surface area contributed by atoms with Gasteiger partial charge in [0.15, 0.2) is 5.96 Å². The fourth-order valence-corrected chi connectivity index (χ4v) is 1.79. The Kier molecular flexibility index (Phi) is 6.22. The minimum absolute atomic E-state index is 0.473. The lowest BCUT2D eigenvalue weighted by atomic mass is 10.3. The van der Waals surface area contributed by atoms with Crippen LogP contribution in [0.3, 0.4) is 0 Å². The first-order valence-corrected chi connectivity index (χ1v) is 6.49. The Hall–Kier alpha value is -1.55. The third kappa shape index (κ3) is 5.19. The molecule has 0 aliphatic heterocycles. The fourth-order valence-electron chi connectivity index (χ4n) is 1.79. The highest BCUT2D eigenvalue weighted by molar-refractivity contribution is 5.92. The van der Waals surface area contributed by atoms with Gasteiger partial charge in [-0.3, -0.25) is 9.89 Å². The third-order valence-electron chi connectivity index (χ3n) is 2.85. The van der Waals surface area contributed by atoms with Crippen LogP contribution in [0.15, 0.2) is 35.3 Å². The Bertz CT molecular complexity index is 359. The number of likely N-dealkylation sites (N-methyl/N-ethyl adjacent to an activating group) is 1. The standard InChI is InChI=1S/C14H24N4/c1-4-18(12(2)3)11-10-16-14(15)17-13-8-6-5-7-9-13/h5-9,12H,4,10-11H2,1-3H3,(H3,15,16,17). The number of anilines is 1. The van der Waals surface area contributed by atoms with Crippen molar-refractivity contribution in [1.82, 2.24) is 4.90 Å². The maximum atomic E-state index is 5.83. The SMILES string of the molecule is CCN(CCN=C(N)Nc1ccccc1)C(C)C. The lowest BCUT2D eigenvalue weighted by Gasteiger charge is -2.23. The molecule has 1 aromatic rings. The number of guanidine groups is 1. The number of benzene rings is 1. The van der Waals surface area contributed by atoms with Crippen molar-refractivity contribution in [2.75, 3.05) is 25.0 Å². The van der Waals surface area contributed by atoms with Gasteiger partial charge in [-0.2, -0.15) is 0 Å². The zero-order valence-electron chi connectivity index (χ0n) is 11.6. The number of hydrogen-bond acceptors (Lipinski definition) is 2. The molecule has 0 saturated carbocycles. The van der Waals surface area contributed by atoms with Gasteiger partial charge in [-0.25, -0.2) is 0 Å². The van der Waals surface area contributed by atoms with Crippen molar-refractivity contribution in [3.63, 3.8) is 0 Å². The monoisotopic (exact) mass is 248 g/mol. The van der Waals surface area contributed by atoms with Gasteiger partial charge >= 0.3 is 0 Å². The van der Waals surface area contributed by atoms with Gasteiger partial charge in [0.25, 0.3) is 0 Å². The van der Waals surface area contributed by atoms with Gasteiger partial charge in [0, 0.05) is 18.3 Å². The van der Waals surface area contributed by atoms with Crippen LogP contribution in [0.25, 0.3) is 0 Å². The van der Waals surface area contributed by atoms with Gasteiger partial charge in [0.2, 0.25) is 0 Å². The molecular weight excluding hydrogens is 224 g/mol. The minimum Gasteiger partial charge on any atom is -0.370 e. The van der Waals surface area contributed by atoms with Crippen LogP contribution in [0, 0.1) is 0 Å². The van der Waals surface area contributed by atoms with Gasteiger partial charge in [-0.05, 0) is 32.5 Å². The second kappa shape index (κ2) is 7.71. The van der Waals surface area contributed by atoms with Crippen molar-refractivity contribution >= 4 is 11.6 Å². The van der Waals surface area contributed by atoms with Crippen LogP contribution >= 0.6 is 0 Å². The van der Waals surface area contributed by atoms with Crippen LogP contribution in [-0.4, -0.2) is 36.5 Å². The first-order valence-electron chi connectivity index (χ1n) is 6.49. The van der Waals surface area contributed by atoms with Crippen molar-refractivity contribution in [3.05, 3.63) is 30.3 Å². The smallest absolute Gasteiger partial charge is 0.193 e. The van der Waals surface area contributed by atoms with E-state index in [9.17, 15) is 0 Å². The second-order valence-corrected chi connectivity index (χ2v) is 4.48. The molecule has 0 spiro atoms. The Morgan fingerprint density at radius 2 is 2.00 bits per heavy atom. The minimum atomic E-state index is 0.473. The van der Waals surface area contributed by atoms with E-state index in [-0.39, 0.29) is 0 Å². The van der Waals surface area contributed by atoms with E-state index >= 15 is 0 Å². The largest absolute Gasteiger partial charge is 0.370 e. The van der Waals surface area contributed by atoms with Crippen LogP contribution < -0.4 is 11.1 Å². The van der Waals surface area contributed by atoms with Crippen LogP contribution in [0.4, 0.5) is 5.69 Å². The summed E-state index contributed by atoms with van der Waals surface area (Å²) in [6, 6.07) is 10.4. The van der Waals surface area contributed by atoms with Crippen molar-refractivity contribution < 1.29 is 0 Å². The molecule has 1 rings (SSSR count). The molecule has 0 atom stereocenters. The first-order chi connectivity index (χ1) is 8.63. The van der Waals surface area contributed by atoms with Gasteiger partial charge < -0.3 is 11.1 Å². The zero-order chi connectivity index (χ0) is 13.4. The van der Waals surface area contributed by atoms with E-state index in [1.807, 2.05) is 30.3 Å². The zero-order valence-corrected chi connectivity index (χ0v) is 11.6. The van der Waals surface area contributed by atoms with Crippen LogP contribution in [0.2, 0.25) is 0 Å². The van der Waals surface area contributed by atoms with E-state index in [1.165, 1.54) is 0 Å². The lowest BCUT2D eigenvalue weighted by molar-refractivity contribution is 0.241. The molecule has 4 heteroatoms. The summed E-state index contributed by atoms with van der Waals surface area (Å²) in [5.74, 6) is 0.473. The first kappa shape index (κ1) is 14.5. The Labute approximate surface area is 110 Å². The summed E-state index contributed by atoms with van der Waals surface area (Å²) < 4.78 is 0. The van der Waals surface area contributed by atoms with Gasteiger partial charge in [0.1, 0.15) is 0 Å². The molecule has 0 heterocycles. The number of aliphatic imine (C=N–C) groups is 1. The number of nitrogens with zero attached hydrogens (tertiary/aromatic N) is 2. The fraction of sp³-hybridized carbons (Fsp3) is 0.500. The second-order valence-electron chi connectivity index (χ2n) is 4.48. The maximum absolute atomic E-state index is 5.83. The van der Waals surface area contributed by atoms with Crippen molar-refractivity contribution in [1.29, 1.82) is 0 Å². The molecule has 0 aliphatic rings. The molecule has 18 heavy (non-hydrogen) atoms. The molecule has 0 amide bonds. The summed E-state index contributed by atoms with van der Waals surface area (Å²) in [7, 11) is 0. The number of hydrogen-bond donors (Lipinski definition) is 2. The Morgan fingerprint density at radius 3 is 2.56 bits per heavy atom. The van der Waals surface area contributed by atoms with Gasteiger partial charge in [0.05, 0.1) is 6.54 Å². The molecule has 0 aromatic heterocycles. The van der Waals surface area contributed by atoms with Crippen molar-refractivity contribution in [3.8, 4) is 0 Å². The average Bonchev–Trinajstić information content (AvgIpc) is 2.35. The highest BCUT2D eigenvalue weighted by Crippen LogP contribution is 2.03. The van der Waals surface area contributed by atoms with Gasteiger partial charge in [-0.15, -0.1) is 0 Å². The molecule has 1 aromatic carbocycles. The molecule has 0 radical (unpaired) electrons. The number of nitrogens with one attached hydrogen (secondary N) is 1. The van der Waals surface area contributed by atoms with Gasteiger partial charge in [-0.1, -0.05) is 25.1 Å². The molecule has 100 valence electrons. The molecule has 4 nitrogen and oxygen atoms in total. The number of rotatable bonds is 6. The number of para-hydroxylation sites is 1. The lowest BCUT2D eigenvalue weighted by Crippen LogP contribution is -2.33. The predicted octanol–water partition coefficient (Wildman–Crippen LogP) is 2.14. The highest BCUT2D eigenvalue weighted by atomic mass is 15.2. The van der Waals surface area contributed by atoms with E-state index in [1.54, 1.807) is 0 Å². The summed E-state index contributed by atoms with van der Waals surface area (Å²) in [6.07, 6.45) is 0. The summed E-state index contributed by atoms with van der Waals surface area (Å²) in [5.41, 5.74) is 6.80. The third-order valence-corrected chi connectivity index (χ3v) is 2.85. The molecule has 0 bridgehead atoms. The van der Waals surface area contributed by atoms with Crippen molar-refractivity contribution in [2.45, 2.75) is 26.8 Å². The quantitative estimate of drug-likeness (QED) is 0.599. The van der Waals surface area contributed by atoms with Crippen LogP contribution in [-0.2, 0) is 0 Å². The van der Waals surface area contributed by atoms with E-state index < -0.39 is 0 Å². The molecule has 0 saturated heterocycles. The predicted molar refractivity (Wildman–Crippen MR) is 78.9 cm³/mol. The Balaban J connectivity index is 2.38. The van der Waals surface area contributed by atoms with E-state index in [2.05, 4.69) is 36.0 Å². The summed E-state index contributed by atoms with van der Waals surface area (Å²) in [4.78, 5) is 6.69. The normalized spacial score (nSPS) is 12.2. The van der Waals surface area contributed by atoms with E-state index in [4.69, 9.17) is 5.73 Å². The summed E-state index contributed by atoms with van der Waals surface area (Å²) in [6.45, 7) is 9.25. The highest BCUT2D eigenvalue weighted by Gasteiger charge is 2.05. The maximum Gasteiger partial charge on any atom is 0.193 e. The van der Waals surface area contributed by atoms with Crippen LogP contribution in [0.5, 0.6) is 0 Å². The molecule has 0 unspecified atom stereocenters. The van der Waals surface area contributed by atoms with Crippen molar-refractivity contribution in [2.24, 2.45) is 10.7 Å². The molecular formula is C14H24N4. The molecule has 3 N–H and O–H groups in total. The number of nitrogens with two attached hydrogens (primary N) is 1. The summed E-state index contributed by atoms with van der Waals surface area (Å²) in [5, 5.41) is 3.07. The topological polar surface area (TPSA) is 53.6 Å². The van der Waals surface area contributed by atoms with E-state index in [0.29, 0.717) is 12.0 Å². The Morgan fingerprint density at radius 1 is 1.33 bits per heavy atom. The van der Waals surface area contributed by atoms with Crippen LogP contribution in [0.1, 0.15) is 20.8 Å². The van der Waals surface area contributed by atoms with E-state index in [0.717, 1.165) is 25.3 Å². The molecule has 0 fully saturated rings. The summed E-state index contributed by atoms with van der Waals surface area (Å²) >= 11 is 0. The average molecular weight is 248 g/mol.